The van der Waals surface area contributed by atoms with Crippen molar-refractivity contribution in [2.45, 2.75) is 19.5 Å². The van der Waals surface area contributed by atoms with Crippen molar-refractivity contribution >= 4 is 5.95 Å². The Balaban J connectivity index is 1.85. The molecule has 2 aromatic rings. The van der Waals surface area contributed by atoms with E-state index in [0.29, 0.717) is 19.5 Å². The molecule has 0 amide bonds. The van der Waals surface area contributed by atoms with Gasteiger partial charge < -0.3 is 5.73 Å². The first-order valence-corrected chi connectivity index (χ1v) is 6.60. The molecule has 0 saturated heterocycles. The molecular formula is C14H12F4N4. The van der Waals surface area contributed by atoms with Crippen molar-refractivity contribution in [3.05, 3.63) is 52.4 Å². The van der Waals surface area contributed by atoms with Gasteiger partial charge in [-0.25, -0.2) is 27.5 Å². The number of benzene rings is 1. The van der Waals surface area contributed by atoms with Crippen molar-refractivity contribution in [3.8, 4) is 0 Å². The van der Waals surface area contributed by atoms with Crippen molar-refractivity contribution in [3.63, 3.8) is 0 Å². The molecule has 2 N–H and O–H groups in total. The lowest BCUT2D eigenvalue weighted by Gasteiger charge is -2.28. The number of hydrogen-bond donors (Lipinski definition) is 1. The average molecular weight is 312 g/mol. The van der Waals surface area contributed by atoms with E-state index in [4.69, 9.17) is 5.73 Å². The maximum atomic E-state index is 13.7. The zero-order valence-corrected chi connectivity index (χ0v) is 11.4. The van der Waals surface area contributed by atoms with Crippen LogP contribution in [0.2, 0.25) is 0 Å². The van der Waals surface area contributed by atoms with E-state index in [1.54, 1.807) is 11.1 Å². The zero-order chi connectivity index (χ0) is 15.9. The predicted molar refractivity (Wildman–Crippen MR) is 70.5 cm³/mol. The molecule has 1 aromatic heterocycles. The summed E-state index contributed by atoms with van der Waals surface area (Å²) in [6.45, 7) is 0.531. The van der Waals surface area contributed by atoms with Crippen LogP contribution in [-0.4, -0.2) is 21.4 Å². The third kappa shape index (κ3) is 2.61. The molecule has 1 aliphatic heterocycles. The molecule has 8 heteroatoms. The van der Waals surface area contributed by atoms with Gasteiger partial charge in [-0.3, -0.25) is 4.90 Å². The average Bonchev–Trinajstić information content (AvgIpc) is 2.49. The summed E-state index contributed by atoms with van der Waals surface area (Å²) < 4.78 is 53.8. The van der Waals surface area contributed by atoms with Gasteiger partial charge in [-0.05, 0) is 0 Å². The molecule has 0 aliphatic carbocycles. The molecule has 0 radical (unpaired) electrons. The highest BCUT2D eigenvalue weighted by atomic mass is 19.2. The van der Waals surface area contributed by atoms with Gasteiger partial charge in [-0.15, -0.1) is 0 Å². The van der Waals surface area contributed by atoms with Gasteiger partial charge in [-0.2, -0.15) is 0 Å². The second-order valence-electron chi connectivity index (χ2n) is 5.11. The van der Waals surface area contributed by atoms with Gasteiger partial charge in [0.05, 0.1) is 5.69 Å². The molecule has 0 bridgehead atoms. The monoisotopic (exact) mass is 312 g/mol. The molecule has 0 spiro atoms. The molecule has 1 aliphatic rings. The molecule has 0 saturated carbocycles. The topological polar surface area (TPSA) is 55.0 Å². The van der Waals surface area contributed by atoms with Gasteiger partial charge in [0.25, 0.3) is 0 Å². The summed E-state index contributed by atoms with van der Waals surface area (Å²) in [6, 6.07) is 0.205. The Morgan fingerprint density at radius 1 is 1.14 bits per heavy atom. The van der Waals surface area contributed by atoms with E-state index in [1.165, 1.54) is 0 Å². The number of nitrogens with zero attached hydrogens (tertiary/aromatic N) is 3. The molecule has 116 valence electrons. The van der Waals surface area contributed by atoms with Gasteiger partial charge in [-0.1, -0.05) is 0 Å². The van der Waals surface area contributed by atoms with Gasteiger partial charge in [0.1, 0.15) is 0 Å². The van der Waals surface area contributed by atoms with Crippen molar-refractivity contribution < 1.29 is 17.6 Å². The fourth-order valence-electron chi connectivity index (χ4n) is 2.51. The fraction of sp³-hybridized carbons (Fsp3) is 0.286. The summed E-state index contributed by atoms with van der Waals surface area (Å²) in [5.74, 6) is -5.36. The summed E-state index contributed by atoms with van der Waals surface area (Å²) >= 11 is 0. The molecule has 4 nitrogen and oxygen atoms in total. The molecule has 0 atom stereocenters. The fourth-order valence-corrected chi connectivity index (χ4v) is 2.51. The molecule has 3 rings (SSSR count). The number of anilines is 1. The molecule has 2 heterocycles. The minimum Gasteiger partial charge on any atom is -0.368 e. The minimum absolute atomic E-state index is 0.163. The third-order valence-electron chi connectivity index (χ3n) is 3.62. The Morgan fingerprint density at radius 2 is 1.82 bits per heavy atom. The van der Waals surface area contributed by atoms with Crippen molar-refractivity contribution in [2.24, 2.45) is 0 Å². The highest BCUT2D eigenvalue weighted by Gasteiger charge is 2.24. The van der Waals surface area contributed by atoms with Gasteiger partial charge in [0, 0.05) is 49.4 Å². The third-order valence-corrected chi connectivity index (χ3v) is 3.62. The van der Waals surface area contributed by atoms with Crippen LogP contribution >= 0.6 is 0 Å². The molecule has 1 aromatic carbocycles. The molecule has 0 fully saturated rings. The van der Waals surface area contributed by atoms with E-state index < -0.39 is 28.8 Å². The second-order valence-corrected chi connectivity index (χ2v) is 5.11. The Hall–Kier alpha value is -2.22. The van der Waals surface area contributed by atoms with Crippen molar-refractivity contribution in [2.75, 3.05) is 12.3 Å². The second kappa shape index (κ2) is 5.53. The van der Waals surface area contributed by atoms with Crippen LogP contribution in [0.1, 0.15) is 16.8 Å². The Kier molecular flexibility index (Phi) is 3.69. The van der Waals surface area contributed by atoms with E-state index in [9.17, 15) is 17.6 Å². The SMILES string of the molecule is Nc1ncc2c(n1)CCN(Cc1c(F)c(F)cc(F)c1F)C2. The maximum Gasteiger partial charge on any atom is 0.220 e. The molecule has 22 heavy (non-hydrogen) atoms. The van der Waals surface area contributed by atoms with Crippen LogP contribution in [0.5, 0.6) is 0 Å². The first-order chi connectivity index (χ1) is 10.5. The van der Waals surface area contributed by atoms with Crippen LogP contribution in [0.4, 0.5) is 23.5 Å². The maximum absolute atomic E-state index is 13.7. The van der Waals surface area contributed by atoms with E-state index in [1.807, 2.05) is 0 Å². The van der Waals surface area contributed by atoms with Gasteiger partial charge in [0.15, 0.2) is 23.3 Å². The van der Waals surface area contributed by atoms with Crippen LogP contribution < -0.4 is 5.73 Å². The van der Waals surface area contributed by atoms with Crippen LogP contribution in [0, 0.1) is 23.3 Å². The lowest BCUT2D eigenvalue weighted by atomic mass is 10.1. The Labute approximate surface area is 123 Å². The van der Waals surface area contributed by atoms with E-state index in [-0.39, 0.29) is 18.6 Å². The molecular weight excluding hydrogens is 300 g/mol. The predicted octanol–water partition coefficient (Wildman–Crippen LogP) is 2.17. The number of fused-ring (bicyclic) bond motifs is 1. The van der Waals surface area contributed by atoms with Crippen LogP contribution in [0.25, 0.3) is 0 Å². The summed E-state index contributed by atoms with van der Waals surface area (Å²) in [5, 5.41) is 0. The number of hydrogen-bond acceptors (Lipinski definition) is 4. The summed E-state index contributed by atoms with van der Waals surface area (Å²) in [6.07, 6.45) is 2.06. The quantitative estimate of drug-likeness (QED) is 0.682. The number of nitrogen functional groups attached to an aromatic ring is 1. The Morgan fingerprint density at radius 3 is 2.50 bits per heavy atom. The summed E-state index contributed by atoms with van der Waals surface area (Å²) in [4.78, 5) is 9.63. The van der Waals surface area contributed by atoms with Gasteiger partial charge >= 0.3 is 0 Å². The van der Waals surface area contributed by atoms with E-state index >= 15 is 0 Å². The lowest BCUT2D eigenvalue weighted by Crippen LogP contribution is -2.32. The lowest BCUT2D eigenvalue weighted by molar-refractivity contribution is 0.233. The van der Waals surface area contributed by atoms with Crippen molar-refractivity contribution in [1.29, 1.82) is 0 Å². The smallest absolute Gasteiger partial charge is 0.220 e. The number of halogens is 4. The largest absolute Gasteiger partial charge is 0.368 e. The Bertz CT molecular complexity index is 709. The summed E-state index contributed by atoms with van der Waals surface area (Å²) in [5.41, 5.74) is 6.43. The number of aromatic nitrogens is 2. The highest BCUT2D eigenvalue weighted by molar-refractivity contribution is 5.28. The normalized spacial score (nSPS) is 14.9. The van der Waals surface area contributed by atoms with Crippen LogP contribution in [-0.2, 0) is 19.5 Å². The summed E-state index contributed by atoms with van der Waals surface area (Å²) in [7, 11) is 0. The first kappa shape index (κ1) is 14.7. The number of rotatable bonds is 2. The van der Waals surface area contributed by atoms with E-state index in [2.05, 4.69) is 9.97 Å². The van der Waals surface area contributed by atoms with Crippen LogP contribution in [0.15, 0.2) is 12.3 Å². The standard InChI is InChI=1S/C14H12F4N4/c15-9-3-10(16)13(18)8(12(9)17)6-22-2-1-11-7(5-22)4-20-14(19)21-11/h3-4H,1-2,5-6H2,(H2,19,20,21). The molecule has 0 unspecified atom stereocenters. The van der Waals surface area contributed by atoms with Crippen molar-refractivity contribution in [1.82, 2.24) is 14.9 Å². The zero-order valence-electron chi connectivity index (χ0n) is 11.4. The minimum atomic E-state index is -1.40. The van der Waals surface area contributed by atoms with Crippen LogP contribution in [0.3, 0.4) is 0 Å². The van der Waals surface area contributed by atoms with Gasteiger partial charge in [0.2, 0.25) is 5.95 Å². The first-order valence-electron chi connectivity index (χ1n) is 6.60. The van der Waals surface area contributed by atoms with E-state index in [0.717, 1.165) is 11.3 Å². The highest BCUT2D eigenvalue weighted by Crippen LogP contribution is 2.24. The number of nitrogens with two attached hydrogens (primary N) is 1.